The molecule has 0 radical (unpaired) electrons. The summed E-state index contributed by atoms with van der Waals surface area (Å²) in [6.45, 7) is 1.76. The highest BCUT2D eigenvalue weighted by Crippen LogP contribution is 2.40. The molecule has 0 unspecified atom stereocenters. The van der Waals surface area contributed by atoms with Crippen LogP contribution in [0.4, 0.5) is 0 Å². The summed E-state index contributed by atoms with van der Waals surface area (Å²) in [7, 11) is 0. The van der Waals surface area contributed by atoms with Gasteiger partial charge < -0.3 is 0 Å². The smallest absolute Gasteiger partial charge is 0.275 e. The number of fused-ring (bicyclic) bond motifs is 1. The van der Waals surface area contributed by atoms with Crippen LogP contribution >= 0.6 is 11.6 Å². The Kier molecular flexibility index (Phi) is 6.42. The van der Waals surface area contributed by atoms with Gasteiger partial charge >= 0.3 is 0 Å². The summed E-state index contributed by atoms with van der Waals surface area (Å²) in [5, 5.41) is 2.21. The van der Waals surface area contributed by atoms with Crippen LogP contribution in [0.25, 0.3) is 0 Å². The maximum Gasteiger partial charge on any atom is 0.275 e. The van der Waals surface area contributed by atoms with E-state index in [1.54, 1.807) is 55.5 Å². The fourth-order valence-corrected chi connectivity index (χ4v) is 4.97. The number of Topliss-reactive ketones (excluding diaryl/α,β-unsaturated/α-hetero) is 1. The molecule has 1 saturated carbocycles. The molecule has 1 heterocycles. The zero-order valence-electron chi connectivity index (χ0n) is 17.9. The minimum absolute atomic E-state index is 0.143. The SMILES string of the molecule is CC[C@@H](C(=O)c1ccccc1)N(C(=O)c1ccccc1Cl)N1C(=O)[C@H]2CCCC[C@H]2C1=O. The Labute approximate surface area is 192 Å². The Morgan fingerprint density at radius 3 is 2.09 bits per heavy atom. The van der Waals surface area contributed by atoms with E-state index in [-0.39, 0.29) is 22.8 Å². The first kappa shape index (κ1) is 22.2. The van der Waals surface area contributed by atoms with Crippen molar-refractivity contribution < 1.29 is 19.2 Å². The minimum atomic E-state index is -1.02. The number of ketones is 1. The molecule has 7 heteroatoms. The third-order valence-electron chi connectivity index (χ3n) is 6.39. The predicted molar refractivity (Wildman–Crippen MR) is 120 cm³/mol. The zero-order valence-corrected chi connectivity index (χ0v) is 18.6. The highest BCUT2D eigenvalue weighted by Gasteiger charge is 2.53. The van der Waals surface area contributed by atoms with E-state index in [2.05, 4.69) is 0 Å². The van der Waals surface area contributed by atoms with Crippen molar-refractivity contribution in [3.05, 3.63) is 70.7 Å². The number of hydrazine groups is 1. The van der Waals surface area contributed by atoms with Gasteiger partial charge in [-0.2, -0.15) is 5.01 Å². The summed E-state index contributed by atoms with van der Waals surface area (Å²) in [5.41, 5.74) is 0.553. The summed E-state index contributed by atoms with van der Waals surface area (Å²) in [4.78, 5) is 53.9. The van der Waals surface area contributed by atoms with Crippen LogP contribution in [0.15, 0.2) is 54.6 Å². The molecule has 0 N–H and O–H groups in total. The summed E-state index contributed by atoms with van der Waals surface area (Å²) in [6, 6.07) is 14.0. The standard InChI is InChI=1S/C25H25ClN2O4/c1-2-21(22(29)16-10-4-3-5-11-16)27(25(32)19-14-8-9-15-20(19)26)28-23(30)17-12-6-7-13-18(17)24(28)31/h3-5,8-11,14-15,17-18,21H,2,6-7,12-13H2,1H3/t17-,18+,21-/m0/s1. The minimum Gasteiger partial charge on any atom is -0.292 e. The van der Waals surface area contributed by atoms with Crippen molar-refractivity contribution in [3.63, 3.8) is 0 Å². The number of benzene rings is 2. The van der Waals surface area contributed by atoms with Crippen LogP contribution in [0.2, 0.25) is 5.02 Å². The topological polar surface area (TPSA) is 74.8 Å². The predicted octanol–water partition coefficient (Wildman–Crippen LogP) is 4.53. The average Bonchev–Trinajstić information content (AvgIpc) is 3.07. The van der Waals surface area contributed by atoms with Crippen molar-refractivity contribution in [2.45, 2.75) is 45.1 Å². The Hall–Kier alpha value is -2.99. The van der Waals surface area contributed by atoms with Gasteiger partial charge in [0.15, 0.2) is 5.78 Å². The lowest BCUT2D eigenvalue weighted by Gasteiger charge is -2.36. The van der Waals surface area contributed by atoms with Crippen molar-refractivity contribution in [1.29, 1.82) is 0 Å². The first-order valence-electron chi connectivity index (χ1n) is 11.0. The largest absolute Gasteiger partial charge is 0.292 e. The summed E-state index contributed by atoms with van der Waals surface area (Å²) < 4.78 is 0. The number of amides is 3. The van der Waals surface area contributed by atoms with E-state index in [0.29, 0.717) is 18.4 Å². The van der Waals surface area contributed by atoms with Gasteiger partial charge in [-0.1, -0.05) is 73.8 Å². The second-order valence-electron chi connectivity index (χ2n) is 8.27. The molecular weight excluding hydrogens is 428 g/mol. The molecule has 4 rings (SSSR count). The molecule has 0 aromatic heterocycles. The van der Waals surface area contributed by atoms with E-state index in [1.165, 1.54) is 6.07 Å². The van der Waals surface area contributed by atoms with E-state index in [9.17, 15) is 19.2 Å². The third-order valence-corrected chi connectivity index (χ3v) is 6.72. The molecular formula is C25H25ClN2O4. The van der Waals surface area contributed by atoms with Crippen LogP contribution in [0, 0.1) is 11.8 Å². The number of carbonyl (C=O) groups is 4. The Bertz CT molecular complexity index is 1030. The number of imide groups is 1. The van der Waals surface area contributed by atoms with E-state index in [4.69, 9.17) is 11.6 Å². The van der Waals surface area contributed by atoms with Gasteiger partial charge in [0, 0.05) is 5.56 Å². The van der Waals surface area contributed by atoms with Gasteiger partial charge in [-0.25, -0.2) is 5.01 Å². The van der Waals surface area contributed by atoms with Gasteiger partial charge in [0.25, 0.3) is 17.7 Å². The number of rotatable bonds is 6. The highest BCUT2D eigenvalue weighted by atomic mass is 35.5. The average molecular weight is 453 g/mol. The number of hydrogen-bond acceptors (Lipinski definition) is 4. The fourth-order valence-electron chi connectivity index (χ4n) is 4.75. The van der Waals surface area contributed by atoms with Gasteiger partial charge in [-0.3, -0.25) is 19.2 Å². The van der Waals surface area contributed by atoms with E-state index in [1.807, 2.05) is 0 Å². The molecule has 2 aromatic carbocycles. The molecule has 0 spiro atoms. The monoisotopic (exact) mass is 452 g/mol. The molecule has 3 atom stereocenters. The molecule has 1 aliphatic heterocycles. The second kappa shape index (κ2) is 9.25. The van der Waals surface area contributed by atoms with Crippen LogP contribution < -0.4 is 0 Å². The van der Waals surface area contributed by atoms with Gasteiger partial charge in [0.05, 0.1) is 22.4 Å². The Morgan fingerprint density at radius 2 is 1.53 bits per heavy atom. The normalized spacial score (nSPS) is 21.2. The zero-order chi connectivity index (χ0) is 22.8. The van der Waals surface area contributed by atoms with Crippen LogP contribution in [0.1, 0.15) is 59.7 Å². The van der Waals surface area contributed by atoms with E-state index in [0.717, 1.165) is 22.9 Å². The summed E-state index contributed by atoms with van der Waals surface area (Å²) in [5.74, 6) is -2.65. The molecule has 3 amide bonds. The fraction of sp³-hybridized carbons (Fsp3) is 0.360. The lowest BCUT2D eigenvalue weighted by molar-refractivity contribution is -0.156. The van der Waals surface area contributed by atoms with Crippen LogP contribution in [-0.4, -0.2) is 39.6 Å². The summed E-state index contributed by atoms with van der Waals surface area (Å²) in [6.07, 6.45) is 3.20. The van der Waals surface area contributed by atoms with Crippen molar-refractivity contribution in [2.75, 3.05) is 0 Å². The number of carbonyl (C=O) groups excluding carboxylic acids is 4. The van der Waals surface area contributed by atoms with Gasteiger partial charge in [-0.15, -0.1) is 0 Å². The van der Waals surface area contributed by atoms with Gasteiger partial charge in [0.2, 0.25) is 0 Å². The van der Waals surface area contributed by atoms with Crippen LogP contribution in [0.5, 0.6) is 0 Å². The van der Waals surface area contributed by atoms with Gasteiger partial charge in [0.1, 0.15) is 6.04 Å². The molecule has 2 aromatic rings. The third kappa shape index (κ3) is 3.84. The number of nitrogens with zero attached hydrogens (tertiary/aromatic N) is 2. The summed E-state index contributed by atoms with van der Waals surface area (Å²) >= 11 is 6.29. The lowest BCUT2D eigenvalue weighted by atomic mass is 9.81. The van der Waals surface area contributed by atoms with Crippen molar-refractivity contribution >= 4 is 35.1 Å². The molecule has 6 nitrogen and oxygen atoms in total. The van der Waals surface area contributed by atoms with Crippen molar-refractivity contribution in [2.24, 2.45) is 11.8 Å². The number of hydrogen-bond donors (Lipinski definition) is 0. The Balaban J connectivity index is 1.80. The molecule has 1 aliphatic carbocycles. The van der Waals surface area contributed by atoms with Crippen LogP contribution in [0.3, 0.4) is 0 Å². The molecule has 32 heavy (non-hydrogen) atoms. The lowest BCUT2D eigenvalue weighted by Crippen LogP contribution is -2.57. The van der Waals surface area contributed by atoms with E-state index < -0.39 is 35.6 Å². The van der Waals surface area contributed by atoms with E-state index >= 15 is 0 Å². The first-order valence-corrected chi connectivity index (χ1v) is 11.4. The van der Waals surface area contributed by atoms with Crippen molar-refractivity contribution in [1.82, 2.24) is 10.0 Å². The molecule has 2 fully saturated rings. The first-order chi connectivity index (χ1) is 15.5. The molecule has 1 saturated heterocycles. The number of halogens is 1. The Morgan fingerprint density at radius 1 is 0.969 bits per heavy atom. The van der Waals surface area contributed by atoms with Crippen molar-refractivity contribution in [3.8, 4) is 0 Å². The quantitative estimate of drug-likeness (QED) is 0.476. The maximum absolute atomic E-state index is 13.7. The highest BCUT2D eigenvalue weighted by molar-refractivity contribution is 6.34. The second-order valence-corrected chi connectivity index (χ2v) is 8.68. The maximum atomic E-state index is 13.7. The molecule has 166 valence electrons. The van der Waals surface area contributed by atoms with Crippen LogP contribution in [-0.2, 0) is 9.59 Å². The molecule has 2 aliphatic rings. The van der Waals surface area contributed by atoms with Gasteiger partial charge in [-0.05, 0) is 31.4 Å². The molecule has 0 bridgehead atoms.